The van der Waals surface area contributed by atoms with Crippen LogP contribution in [0.15, 0.2) is 58.8 Å². The number of methoxy groups -OCH3 is 1. The highest BCUT2D eigenvalue weighted by atomic mass is 32.1. The Balaban J connectivity index is 1.52. The van der Waals surface area contributed by atoms with E-state index in [2.05, 4.69) is 34.1 Å². The van der Waals surface area contributed by atoms with Gasteiger partial charge < -0.3 is 4.74 Å². The summed E-state index contributed by atoms with van der Waals surface area (Å²) in [6.07, 6.45) is 1.76. The van der Waals surface area contributed by atoms with Crippen molar-refractivity contribution in [2.24, 2.45) is 0 Å². The van der Waals surface area contributed by atoms with E-state index in [1.54, 1.807) is 23.8 Å². The average Bonchev–Trinajstić information content (AvgIpc) is 3.10. The van der Waals surface area contributed by atoms with E-state index < -0.39 is 0 Å². The summed E-state index contributed by atoms with van der Waals surface area (Å²) in [4.78, 5) is 19.6. The van der Waals surface area contributed by atoms with Crippen molar-refractivity contribution in [1.29, 1.82) is 0 Å². The second kappa shape index (κ2) is 6.90. The smallest absolute Gasteiger partial charge is 0.258 e. The molecule has 0 amide bonds. The molecule has 26 heavy (non-hydrogen) atoms. The number of fused-ring (bicyclic) bond motifs is 2. The van der Waals surface area contributed by atoms with Gasteiger partial charge in [0.2, 0.25) is 0 Å². The molecule has 0 N–H and O–H groups in total. The third-order valence-corrected chi connectivity index (χ3v) is 5.11. The first kappa shape index (κ1) is 16.8. The molecule has 0 spiro atoms. The van der Waals surface area contributed by atoms with Crippen LogP contribution in [-0.4, -0.2) is 28.4 Å². The molecule has 132 valence electrons. The fourth-order valence-corrected chi connectivity index (χ4v) is 3.85. The van der Waals surface area contributed by atoms with Crippen molar-refractivity contribution in [3.63, 3.8) is 0 Å². The summed E-state index contributed by atoms with van der Waals surface area (Å²) in [5, 5.41) is 4.23. The Morgan fingerprint density at radius 3 is 2.77 bits per heavy atom. The third-order valence-electron chi connectivity index (χ3n) is 4.35. The molecule has 5 nitrogen and oxygen atoms in total. The van der Waals surface area contributed by atoms with Crippen LogP contribution >= 0.6 is 11.3 Å². The molecule has 4 aromatic rings. The lowest BCUT2D eigenvalue weighted by Crippen LogP contribution is -2.21. The van der Waals surface area contributed by atoms with Crippen molar-refractivity contribution >= 4 is 27.1 Å². The Bertz CT molecular complexity index is 1130. The van der Waals surface area contributed by atoms with Gasteiger partial charge in [-0.3, -0.25) is 14.1 Å². The first-order chi connectivity index (χ1) is 12.6. The van der Waals surface area contributed by atoms with E-state index in [0.717, 1.165) is 28.3 Å². The van der Waals surface area contributed by atoms with Gasteiger partial charge in [0.25, 0.3) is 5.56 Å². The highest BCUT2D eigenvalue weighted by Crippen LogP contribution is 2.22. The molecule has 0 aliphatic rings. The Morgan fingerprint density at radius 2 is 1.92 bits per heavy atom. The summed E-state index contributed by atoms with van der Waals surface area (Å²) >= 11 is 1.47. The minimum atomic E-state index is -0.0284. The third kappa shape index (κ3) is 3.34. The van der Waals surface area contributed by atoms with Crippen LogP contribution in [0.3, 0.4) is 0 Å². The van der Waals surface area contributed by atoms with Crippen molar-refractivity contribution in [1.82, 2.24) is 14.3 Å². The molecule has 0 saturated carbocycles. The number of hydrogen-bond donors (Lipinski definition) is 0. The standard InChI is InChI=1S/C20H19N3O2S/c1-22(13-17-11-19(24)23-7-8-26-20(23)21-17)12-14-3-4-16-10-18(25-2)6-5-15(16)9-14/h3-11H,12-13H2,1-2H3. The van der Waals surface area contributed by atoms with Crippen LogP contribution < -0.4 is 10.3 Å². The molecular formula is C20H19N3O2S. The summed E-state index contributed by atoms with van der Waals surface area (Å²) in [6, 6.07) is 14.1. The molecule has 2 aromatic carbocycles. The summed E-state index contributed by atoms with van der Waals surface area (Å²) in [5.74, 6) is 0.865. The van der Waals surface area contributed by atoms with Gasteiger partial charge in [-0.2, -0.15) is 0 Å². The van der Waals surface area contributed by atoms with E-state index in [0.29, 0.717) is 6.54 Å². The lowest BCUT2D eigenvalue weighted by atomic mass is 10.1. The Labute approximate surface area is 155 Å². The number of rotatable bonds is 5. The molecule has 4 rings (SSSR count). The number of thiazole rings is 1. The van der Waals surface area contributed by atoms with Gasteiger partial charge in [0.1, 0.15) is 5.75 Å². The zero-order chi connectivity index (χ0) is 18.1. The molecule has 0 aliphatic carbocycles. The largest absolute Gasteiger partial charge is 0.497 e. The maximum Gasteiger partial charge on any atom is 0.258 e. The minimum absolute atomic E-state index is 0.0284. The molecule has 2 heterocycles. The van der Waals surface area contributed by atoms with Crippen LogP contribution in [0, 0.1) is 0 Å². The summed E-state index contributed by atoms with van der Waals surface area (Å²) in [7, 11) is 3.72. The van der Waals surface area contributed by atoms with Crippen molar-refractivity contribution in [3.05, 3.63) is 75.7 Å². The van der Waals surface area contributed by atoms with Crippen LogP contribution in [0.1, 0.15) is 11.3 Å². The number of hydrogen-bond acceptors (Lipinski definition) is 5. The topological polar surface area (TPSA) is 46.8 Å². The van der Waals surface area contributed by atoms with Gasteiger partial charge in [-0.25, -0.2) is 4.98 Å². The van der Waals surface area contributed by atoms with Crippen LogP contribution in [0.4, 0.5) is 0 Å². The molecule has 0 unspecified atom stereocenters. The first-order valence-electron chi connectivity index (χ1n) is 8.33. The minimum Gasteiger partial charge on any atom is -0.497 e. The quantitative estimate of drug-likeness (QED) is 0.543. The fraction of sp³-hybridized carbons (Fsp3) is 0.200. The first-order valence-corrected chi connectivity index (χ1v) is 9.21. The average molecular weight is 365 g/mol. The predicted molar refractivity (Wildman–Crippen MR) is 105 cm³/mol. The number of ether oxygens (including phenoxy) is 1. The summed E-state index contributed by atoms with van der Waals surface area (Å²) in [5.41, 5.74) is 1.99. The van der Waals surface area contributed by atoms with E-state index in [1.165, 1.54) is 22.3 Å². The van der Waals surface area contributed by atoms with E-state index >= 15 is 0 Å². The van der Waals surface area contributed by atoms with Crippen LogP contribution in [-0.2, 0) is 13.1 Å². The lowest BCUT2D eigenvalue weighted by Gasteiger charge is -2.16. The molecule has 0 bridgehead atoms. The van der Waals surface area contributed by atoms with Crippen molar-refractivity contribution < 1.29 is 4.74 Å². The maximum atomic E-state index is 12.1. The fourth-order valence-electron chi connectivity index (χ4n) is 3.11. The van der Waals surface area contributed by atoms with Gasteiger partial charge in [0.15, 0.2) is 4.96 Å². The molecule has 6 heteroatoms. The Morgan fingerprint density at radius 1 is 1.12 bits per heavy atom. The second-order valence-electron chi connectivity index (χ2n) is 6.36. The Kier molecular flexibility index (Phi) is 4.44. The van der Waals surface area contributed by atoms with Gasteiger partial charge in [-0.05, 0) is 41.6 Å². The lowest BCUT2D eigenvalue weighted by molar-refractivity contribution is 0.315. The number of benzene rings is 2. The SMILES string of the molecule is COc1ccc2cc(CN(C)Cc3cc(=O)n4ccsc4n3)ccc2c1. The summed E-state index contributed by atoms with van der Waals surface area (Å²) < 4.78 is 6.85. The van der Waals surface area contributed by atoms with Crippen LogP contribution in [0.25, 0.3) is 15.7 Å². The zero-order valence-corrected chi connectivity index (χ0v) is 15.5. The van der Waals surface area contributed by atoms with Gasteiger partial charge in [0.05, 0.1) is 12.8 Å². The normalized spacial score (nSPS) is 11.5. The van der Waals surface area contributed by atoms with Gasteiger partial charge in [0, 0.05) is 30.7 Å². The van der Waals surface area contributed by atoms with Crippen molar-refractivity contribution in [2.75, 3.05) is 14.2 Å². The monoisotopic (exact) mass is 365 g/mol. The zero-order valence-electron chi connectivity index (χ0n) is 14.7. The van der Waals surface area contributed by atoms with Crippen LogP contribution in [0.5, 0.6) is 5.75 Å². The highest BCUT2D eigenvalue weighted by Gasteiger charge is 2.08. The van der Waals surface area contributed by atoms with E-state index in [9.17, 15) is 4.79 Å². The van der Waals surface area contributed by atoms with Gasteiger partial charge >= 0.3 is 0 Å². The van der Waals surface area contributed by atoms with Crippen LogP contribution in [0.2, 0.25) is 0 Å². The van der Waals surface area contributed by atoms with Gasteiger partial charge in [-0.15, -0.1) is 11.3 Å². The molecule has 0 atom stereocenters. The molecule has 0 aliphatic heterocycles. The summed E-state index contributed by atoms with van der Waals surface area (Å²) in [6.45, 7) is 1.41. The number of aromatic nitrogens is 2. The van der Waals surface area contributed by atoms with Crippen molar-refractivity contribution in [2.45, 2.75) is 13.1 Å². The second-order valence-corrected chi connectivity index (χ2v) is 7.23. The van der Waals surface area contributed by atoms with Gasteiger partial charge in [-0.1, -0.05) is 18.2 Å². The maximum absolute atomic E-state index is 12.1. The molecule has 0 saturated heterocycles. The van der Waals surface area contributed by atoms with E-state index in [4.69, 9.17) is 4.74 Å². The highest BCUT2D eigenvalue weighted by molar-refractivity contribution is 7.15. The number of nitrogens with zero attached hydrogens (tertiary/aromatic N) is 3. The molecule has 2 aromatic heterocycles. The molecular weight excluding hydrogens is 346 g/mol. The molecule has 0 fully saturated rings. The molecule has 0 radical (unpaired) electrons. The van der Waals surface area contributed by atoms with Crippen molar-refractivity contribution in [3.8, 4) is 5.75 Å². The predicted octanol–water partition coefficient (Wildman–Crippen LogP) is 3.55. The van der Waals surface area contributed by atoms with E-state index in [1.807, 2.05) is 24.6 Å². The van der Waals surface area contributed by atoms with E-state index in [-0.39, 0.29) is 5.56 Å². The Hall–Kier alpha value is -2.70.